The highest BCUT2D eigenvalue weighted by Crippen LogP contribution is 2.03. The first-order valence-electron chi connectivity index (χ1n) is 6.84. The van der Waals surface area contributed by atoms with E-state index < -0.39 is 0 Å². The van der Waals surface area contributed by atoms with E-state index in [-0.39, 0.29) is 0 Å². The quantitative estimate of drug-likeness (QED) is 0.864. The molecule has 0 spiro atoms. The predicted molar refractivity (Wildman–Crippen MR) is 76.9 cm³/mol. The van der Waals surface area contributed by atoms with Gasteiger partial charge in [0.2, 0.25) is 0 Å². The van der Waals surface area contributed by atoms with Crippen LogP contribution in [0.25, 0.3) is 0 Å². The molecule has 0 fully saturated rings. The highest BCUT2D eigenvalue weighted by molar-refractivity contribution is 5.15. The molecule has 0 aliphatic carbocycles. The largest absolute Gasteiger partial charge is 0.333 e. The van der Waals surface area contributed by atoms with Gasteiger partial charge in [-0.2, -0.15) is 0 Å². The number of aromatic nitrogens is 3. The van der Waals surface area contributed by atoms with Crippen LogP contribution in [0.15, 0.2) is 30.7 Å². The number of aryl methyl sites for hydroxylation is 2. The molecule has 0 saturated carbocycles. The average Bonchev–Trinajstić information content (AvgIpc) is 2.84. The highest BCUT2D eigenvalue weighted by atomic mass is 15.1. The van der Waals surface area contributed by atoms with Crippen LogP contribution in [0.1, 0.15) is 30.9 Å². The van der Waals surface area contributed by atoms with E-state index in [0.29, 0.717) is 6.04 Å². The van der Waals surface area contributed by atoms with Gasteiger partial charge in [0.25, 0.3) is 0 Å². The summed E-state index contributed by atoms with van der Waals surface area (Å²) in [6.07, 6.45) is 6.76. The number of imidazole rings is 1. The summed E-state index contributed by atoms with van der Waals surface area (Å²) in [6.45, 7) is 8.18. The van der Waals surface area contributed by atoms with Crippen molar-refractivity contribution in [1.82, 2.24) is 19.9 Å². The van der Waals surface area contributed by atoms with Crippen molar-refractivity contribution in [3.8, 4) is 0 Å². The van der Waals surface area contributed by atoms with Gasteiger partial charge >= 0.3 is 0 Å². The molecule has 0 aliphatic heterocycles. The molecular weight excluding hydrogens is 236 g/mol. The van der Waals surface area contributed by atoms with E-state index in [9.17, 15) is 0 Å². The lowest BCUT2D eigenvalue weighted by Crippen LogP contribution is -2.30. The zero-order valence-electron chi connectivity index (χ0n) is 11.9. The fraction of sp³-hybridized carbons (Fsp3) is 0.467. The molecule has 0 amide bonds. The fourth-order valence-corrected chi connectivity index (χ4v) is 2.19. The summed E-state index contributed by atoms with van der Waals surface area (Å²) in [6, 6.07) is 4.59. The topological polar surface area (TPSA) is 42.7 Å². The Morgan fingerprint density at radius 1 is 1.32 bits per heavy atom. The molecule has 0 saturated heterocycles. The smallest absolute Gasteiger partial charge is 0.108 e. The second kappa shape index (κ2) is 6.48. The van der Waals surface area contributed by atoms with Crippen molar-refractivity contribution in [2.75, 3.05) is 0 Å². The Morgan fingerprint density at radius 2 is 2.16 bits per heavy atom. The molecule has 1 atom stereocenters. The molecule has 0 radical (unpaired) electrons. The Labute approximate surface area is 114 Å². The second-order valence-corrected chi connectivity index (χ2v) is 4.94. The first kappa shape index (κ1) is 13.7. The third-order valence-corrected chi connectivity index (χ3v) is 3.20. The summed E-state index contributed by atoms with van der Waals surface area (Å²) in [5.41, 5.74) is 2.34. The van der Waals surface area contributed by atoms with Crippen LogP contribution in [-0.2, 0) is 19.5 Å². The Morgan fingerprint density at radius 3 is 2.89 bits per heavy atom. The number of hydrogen-bond acceptors (Lipinski definition) is 3. The Bertz CT molecular complexity index is 518. The molecule has 2 aromatic rings. The predicted octanol–water partition coefficient (Wildman–Crippen LogP) is 2.33. The summed E-state index contributed by atoms with van der Waals surface area (Å²) in [7, 11) is 0. The third-order valence-electron chi connectivity index (χ3n) is 3.20. The van der Waals surface area contributed by atoms with Crippen LogP contribution in [0.5, 0.6) is 0 Å². The van der Waals surface area contributed by atoms with Gasteiger partial charge in [-0.15, -0.1) is 0 Å². The van der Waals surface area contributed by atoms with Gasteiger partial charge in [0, 0.05) is 49.8 Å². The SMILES string of the molecule is CCc1nccn1CC(C)NCc1ccnc(C)c1. The second-order valence-electron chi connectivity index (χ2n) is 4.94. The Balaban J connectivity index is 1.86. The molecule has 2 rings (SSSR count). The molecule has 1 unspecified atom stereocenters. The fourth-order valence-electron chi connectivity index (χ4n) is 2.19. The number of nitrogens with zero attached hydrogens (tertiary/aromatic N) is 3. The van der Waals surface area contributed by atoms with E-state index in [1.54, 1.807) is 0 Å². The highest BCUT2D eigenvalue weighted by Gasteiger charge is 2.06. The molecule has 2 aromatic heterocycles. The van der Waals surface area contributed by atoms with E-state index in [0.717, 1.165) is 31.0 Å². The van der Waals surface area contributed by atoms with Crippen LogP contribution in [-0.4, -0.2) is 20.6 Å². The minimum absolute atomic E-state index is 0.410. The van der Waals surface area contributed by atoms with Crippen molar-refractivity contribution in [2.24, 2.45) is 0 Å². The zero-order valence-corrected chi connectivity index (χ0v) is 11.9. The maximum absolute atomic E-state index is 4.34. The Hall–Kier alpha value is -1.68. The van der Waals surface area contributed by atoms with Crippen LogP contribution in [0.3, 0.4) is 0 Å². The van der Waals surface area contributed by atoms with E-state index in [1.165, 1.54) is 5.56 Å². The molecule has 0 aromatic carbocycles. The standard InChI is InChI=1S/C15H22N4/c1-4-15-17-7-8-19(15)11-13(3)18-10-14-5-6-16-12(2)9-14/h5-9,13,18H,4,10-11H2,1-3H3. The monoisotopic (exact) mass is 258 g/mol. The molecule has 19 heavy (non-hydrogen) atoms. The minimum atomic E-state index is 0.410. The minimum Gasteiger partial charge on any atom is -0.333 e. The summed E-state index contributed by atoms with van der Waals surface area (Å²) < 4.78 is 2.22. The van der Waals surface area contributed by atoms with Gasteiger partial charge in [-0.05, 0) is 31.5 Å². The van der Waals surface area contributed by atoms with E-state index in [4.69, 9.17) is 0 Å². The lowest BCUT2D eigenvalue weighted by atomic mass is 10.2. The summed E-state index contributed by atoms with van der Waals surface area (Å²) in [5, 5.41) is 3.54. The van der Waals surface area contributed by atoms with E-state index in [1.807, 2.05) is 25.5 Å². The van der Waals surface area contributed by atoms with Crippen molar-refractivity contribution in [3.05, 3.63) is 47.8 Å². The van der Waals surface area contributed by atoms with Gasteiger partial charge in [0.1, 0.15) is 5.82 Å². The summed E-state index contributed by atoms with van der Waals surface area (Å²) in [5.74, 6) is 1.15. The lowest BCUT2D eigenvalue weighted by Gasteiger charge is -2.16. The molecule has 4 heteroatoms. The van der Waals surface area contributed by atoms with Crippen LogP contribution in [0.4, 0.5) is 0 Å². The van der Waals surface area contributed by atoms with Crippen molar-refractivity contribution < 1.29 is 0 Å². The lowest BCUT2D eigenvalue weighted by molar-refractivity contribution is 0.467. The van der Waals surface area contributed by atoms with Gasteiger partial charge in [-0.25, -0.2) is 4.98 Å². The van der Waals surface area contributed by atoms with Crippen LogP contribution < -0.4 is 5.32 Å². The van der Waals surface area contributed by atoms with Crippen molar-refractivity contribution in [1.29, 1.82) is 0 Å². The summed E-state index contributed by atoms with van der Waals surface area (Å²) in [4.78, 5) is 8.55. The van der Waals surface area contributed by atoms with Gasteiger partial charge < -0.3 is 9.88 Å². The molecule has 0 bridgehead atoms. The van der Waals surface area contributed by atoms with Crippen molar-refractivity contribution >= 4 is 0 Å². The summed E-state index contributed by atoms with van der Waals surface area (Å²) >= 11 is 0. The number of rotatable bonds is 6. The van der Waals surface area contributed by atoms with Crippen molar-refractivity contribution in [2.45, 2.75) is 46.3 Å². The zero-order chi connectivity index (χ0) is 13.7. The first-order chi connectivity index (χ1) is 9.19. The first-order valence-corrected chi connectivity index (χ1v) is 6.84. The van der Waals surface area contributed by atoms with Crippen LogP contribution in [0.2, 0.25) is 0 Å². The van der Waals surface area contributed by atoms with Gasteiger partial charge in [-0.3, -0.25) is 4.98 Å². The molecular formula is C15H22N4. The van der Waals surface area contributed by atoms with Gasteiger partial charge in [-0.1, -0.05) is 6.92 Å². The van der Waals surface area contributed by atoms with E-state index in [2.05, 4.69) is 45.8 Å². The maximum Gasteiger partial charge on any atom is 0.108 e. The molecule has 2 heterocycles. The number of pyridine rings is 1. The van der Waals surface area contributed by atoms with E-state index >= 15 is 0 Å². The van der Waals surface area contributed by atoms with Gasteiger partial charge in [0.15, 0.2) is 0 Å². The molecule has 102 valence electrons. The number of nitrogens with one attached hydrogen (secondary N) is 1. The van der Waals surface area contributed by atoms with Crippen molar-refractivity contribution in [3.63, 3.8) is 0 Å². The molecule has 4 nitrogen and oxygen atoms in total. The Kier molecular flexibility index (Phi) is 4.68. The normalized spacial score (nSPS) is 12.6. The van der Waals surface area contributed by atoms with Crippen LogP contribution in [0, 0.1) is 6.92 Å². The molecule has 0 aliphatic rings. The maximum atomic E-state index is 4.34. The van der Waals surface area contributed by atoms with Gasteiger partial charge in [0.05, 0.1) is 0 Å². The molecule has 1 N–H and O–H groups in total. The third kappa shape index (κ3) is 3.89. The number of hydrogen-bond donors (Lipinski definition) is 1. The van der Waals surface area contributed by atoms with Crippen LogP contribution >= 0.6 is 0 Å². The average molecular weight is 258 g/mol.